The van der Waals surface area contributed by atoms with E-state index in [1.165, 1.54) is 24.8 Å². The van der Waals surface area contributed by atoms with Crippen LogP contribution in [0.1, 0.15) is 51.6 Å². The van der Waals surface area contributed by atoms with Gasteiger partial charge in [-0.3, -0.25) is 4.79 Å². The standard InChI is InChI=1S/C27H30N2O3/c1-4-5-20-21-12-15(2)6-11-19(21)16(3)13-22(20)25-24-26(32-29-25)23(14-28-27(24)31)17-7-9-18(30)10-8-17/h4-5,7-10,13-15,19-22,30H,6,11-12H2,1-3H3,(H,28,31)/b5-4+/t15-,19+,20+,21-,22+/m0/s1. The zero-order valence-corrected chi connectivity index (χ0v) is 18.8. The van der Waals surface area contributed by atoms with E-state index < -0.39 is 0 Å². The van der Waals surface area contributed by atoms with Gasteiger partial charge in [-0.05, 0) is 68.1 Å². The molecule has 5 rings (SSSR count). The summed E-state index contributed by atoms with van der Waals surface area (Å²) in [5.41, 5.74) is 4.08. The average molecular weight is 431 g/mol. The third-order valence-electron chi connectivity index (χ3n) is 7.54. The van der Waals surface area contributed by atoms with E-state index in [0.29, 0.717) is 34.6 Å². The van der Waals surface area contributed by atoms with E-state index >= 15 is 0 Å². The Bertz CT molecular complexity index is 1250. The molecule has 5 nitrogen and oxygen atoms in total. The molecule has 2 aliphatic carbocycles. The molecule has 2 aliphatic rings. The van der Waals surface area contributed by atoms with E-state index in [4.69, 9.17) is 4.52 Å². The van der Waals surface area contributed by atoms with Crippen LogP contribution >= 0.6 is 0 Å². The minimum absolute atomic E-state index is 0.00941. The first-order chi connectivity index (χ1) is 15.5. The second kappa shape index (κ2) is 8.12. The molecule has 0 radical (unpaired) electrons. The molecule has 1 aromatic carbocycles. The number of allylic oxidation sites excluding steroid dienone is 4. The summed E-state index contributed by atoms with van der Waals surface area (Å²) in [5.74, 6) is 2.37. The Labute approximate surface area is 187 Å². The quantitative estimate of drug-likeness (QED) is 0.487. The van der Waals surface area contributed by atoms with Gasteiger partial charge in [0, 0.05) is 17.7 Å². The van der Waals surface area contributed by atoms with E-state index in [2.05, 4.69) is 49.1 Å². The highest BCUT2D eigenvalue weighted by Crippen LogP contribution is 2.51. The molecule has 5 atom stereocenters. The number of nitrogens with zero attached hydrogens (tertiary/aromatic N) is 1. The highest BCUT2D eigenvalue weighted by Gasteiger charge is 2.42. The van der Waals surface area contributed by atoms with Crippen LogP contribution in [-0.2, 0) is 0 Å². The van der Waals surface area contributed by atoms with Crippen molar-refractivity contribution < 1.29 is 9.63 Å². The lowest BCUT2D eigenvalue weighted by Gasteiger charge is -2.45. The number of fused-ring (bicyclic) bond motifs is 2. The Morgan fingerprint density at radius 3 is 2.75 bits per heavy atom. The third kappa shape index (κ3) is 3.40. The largest absolute Gasteiger partial charge is 0.508 e. The fraction of sp³-hybridized carbons (Fsp3) is 0.407. The van der Waals surface area contributed by atoms with Crippen LogP contribution in [0.2, 0.25) is 0 Å². The maximum atomic E-state index is 13.0. The molecule has 5 heteroatoms. The summed E-state index contributed by atoms with van der Waals surface area (Å²) in [6, 6.07) is 6.88. The molecule has 0 aliphatic heterocycles. The predicted molar refractivity (Wildman–Crippen MR) is 127 cm³/mol. The first kappa shape index (κ1) is 20.8. The molecule has 32 heavy (non-hydrogen) atoms. The van der Waals surface area contributed by atoms with E-state index in [0.717, 1.165) is 16.8 Å². The van der Waals surface area contributed by atoms with Crippen molar-refractivity contribution in [1.29, 1.82) is 0 Å². The fourth-order valence-corrected chi connectivity index (χ4v) is 6.01. The lowest BCUT2D eigenvalue weighted by Crippen LogP contribution is -2.36. The van der Waals surface area contributed by atoms with Gasteiger partial charge in [-0.15, -0.1) is 0 Å². The maximum Gasteiger partial charge on any atom is 0.261 e. The van der Waals surface area contributed by atoms with Gasteiger partial charge >= 0.3 is 0 Å². The van der Waals surface area contributed by atoms with E-state index in [9.17, 15) is 9.90 Å². The number of benzene rings is 1. The molecular weight excluding hydrogens is 400 g/mol. The molecule has 2 aromatic heterocycles. The van der Waals surface area contributed by atoms with Gasteiger partial charge in [0.15, 0.2) is 5.58 Å². The smallest absolute Gasteiger partial charge is 0.261 e. The maximum absolute atomic E-state index is 13.0. The van der Waals surface area contributed by atoms with Gasteiger partial charge in [0.25, 0.3) is 5.56 Å². The molecular formula is C27H30N2O3. The molecule has 0 amide bonds. The van der Waals surface area contributed by atoms with Gasteiger partial charge in [-0.2, -0.15) is 0 Å². The predicted octanol–water partition coefficient (Wildman–Crippen LogP) is 6.18. The number of hydrogen-bond acceptors (Lipinski definition) is 4. The van der Waals surface area contributed by atoms with Crippen LogP contribution in [0.3, 0.4) is 0 Å². The van der Waals surface area contributed by atoms with Crippen molar-refractivity contribution in [2.24, 2.45) is 23.7 Å². The van der Waals surface area contributed by atoms with E-state index in [1.54, 1.807) is 18.3 Å². The number of phenolic OH excluding ortho intramolecular Hbond substituents is 1. The van der Waals surface area contributed by atoms with Crippen molar-refractivity contribution in [2.45, 2.75) is 46.0 Å². The van der Waals surface area contributed by atoms with Crippen LogP contribution in [0, 0.1) is 23.7 Å². The van der Waals surface area contributed by atoms with Crippen molar-refractivity contribution in [3.8, 4) is 16.9 Å². The lowest BCUT2D eigenvalue weighted by atomic mass is 9.59. The molecule has 0 saturated heterocycles. The van der Waals surface area contributed by atoms with Crippen LogP contribution in [-0.4, -0.2) is 15.2 Å². The number of aromatic amines is 1. The summed E-state index contributed by atoms with van der Waals surface area (Å²) >= 11 is 0. The van der Waals surface area contributed by atoms with Crippen molar-refractivity contribution in [1.82, 2.24) is 10.1 Å². The number of rotatable bonds is 3. The highest BCUT2D eigenvalue weighted by atomic mass is 16.5. The van der Waals surface area contributed by atoms with E-state index in [1.807, 2.05) is 12.1 Å². The minimum Gasteiger partial charge on any atom is -0.508 e. The van der Waals surface area contributed by atoms with Crippen molar-refractivity contribution >= 4 is 11.0 Å². The summed E-state index contributed by atoms with van der Waals surface area (Å²) in [4.78, 5) is 15.9. The van der Waals surface area contributed by atoms with Crippen molar-refractivity contribution in [3.05, 3.63) is 70.3 Å². The van der Waals surface area contributed by atoms with Gasteiger partial charge in [-0.1, -0.05) is 54.4 Å². The molecule has 2 N–H and O–H groups in total. The minimum atomic E-state index is -0.178. The summed E-state index contributed by atoms with van der Waals surface area (Å²) in [7, 11) is 0. The van der Waals surface area contributed by atoms with Gasteiger partial charge < -0.3 is 14.6 Å². The fourth-order valence-electron chi connectivity index (χ4n) is 6.01. The Hall–Kier alpha value is -3.08. The van der Waals surface area contributed by atoms with Gasteiger partial charge in [0.2, 0.25) is 0 Å². The van der Waals surface area contributed by atoms with Crippen LogP contribution in [0.25, 0.3) is 22.1 Å². The molecule has 166 valence electrons. The first-order valence-electron chi connectivity index (χ1n) is 11.6. The molecule has 0 unspecified atom stereocenters. The lowest BCUT2D eigenvalue weighted by molar-refractivity contribution is 0.149. The molecule has 1 saturated carbocycles. The van der Waals surface area contributed by atoms with Crippen LogP contribution in [0.15, 0.2) is 63.6 Å². The summed E-state index contributed by atoms with van der Waals surface area (Å²) in [6.07, 6.45) is 12.1. The number of pyridine rings is 1. The number of nitrogens with one attached hydrogen (secondary N) is 1. The number of H-pyrrole nitrogens is 1. The van der Waals surface area contributed by atoms with Crippen molar-refractivity contribution in [3.63, 3.8) is 0 Å². The Kier molecular flexibility index (Phi) is 5.28. The SMILES string of the molecule is C/C=C/[C@@H]1[C@H]2C[C@@H](C)CC[C@@H]2C(C)=C[C@H]1c1noc2c(-c3ccc(O)cc3)c[nH]c(=O)c12. The van der Waals surface area contributed by atoms with Crippen LogP contribution < -0.4 is 5.56 Å². The molecule has 3 aromatic rings. The van der Waals surface area contributed by atoms with E-state index in [-0.39, 0.29) is 17.2 Å². The first-order valence-corrected chi connectivity index (χ1v) is 11.6. The second-order valence-electron chi connectivity index (χ2n) is 9.58. The summed E-state index contributed by atoms with van der Waals surface area (Å²) in [6.45, 7) is 6.66. The van der Waals surface area contributed by atoms with Crippen molar-refractivity contribution in [2.75, 3.05) is 0 Å². The Morgan fingerprint density at radius 1 is 1.22 bits per heavy atom. The van der Waals surface area contributed by atoms with Gasteiger partial charge in [0.1, 0.15) is 16.8 Å². The molecule has 0 bridgehead atoms. The monoisotopic (exact) mass is 430 g/mol. The Morgan fingerprint density at radius 2 is 2.00 bits per heavy atom. The third-order valence-corrected chi connectivity index (χ3v) is 7.54. The number of hydrogen-bond donors (Lipinski definition) is 2. The van der Waals surface area contributed by atoms with Gasteiger partial charge in [-0.25, -0.2) is 0 Å². The zero-order chi connectivity index (χ0) is 22.4. The second-order valence-corrected chi connectivity index (χ2v) is 9.58. The zero-order valence-electron chi connectivity index (χ0n) is 18.8. The normalized spacial score (nSPS) is 28.1. The van der Waals surface area contributed by atoms with Gasteiger partial charge in [0.05, 0.1) is 0 Å². The molecule has 2 heterocycles. The number of aromatic nitrogens is 2. The number of aromatic hydroxyl groups is 1. The molecule has 1 fully saturated rings. The van der Waals surface area contributed by atoms with Crippen LogP contribution in [0.4, 0.5) is 0 Å². The summed E-state index contributed by atoms with van der Waals surface area (Å²) < 4.78 is 5.83. The van der Waals surface area contributed by atoms with Crippen LogP contribution in [0.5, 0.6) is 5.75 Å². The topological polar surface area (TPSA) is 79.1 Å². The molecule has 0 spiro atoms. The Balaban J connectivity index is 1.67. The average Bonchev–Trinajstić information content (AvgIpc) is 3.22. The highest BCUT2D eigenvalue weighted by molar-refractivity contribution is 5.92. The number of phenols is 1. The summed E-state index contributed by atoms with van der Waals surface area (Å²) in [5, 5.41) is 14.7.